The number of fused-ring (bicyclic) bond motifs is 1. The van der Waals surface area contributed by atoms with E-state index in [4.69, 9.17) is 0 Å². The van der Waals surface area contributed by atoms with Gasteiger partial charge in [0.05, 0.1) is 11.3 Å². The van der Waals surface area contributed by atoms with Gasteiger partial charge in [0.2, 0.25) is 10.0 Å². The largest absolute Gasteiger partial charge is 0.373 e. The molecule has 0 unspecified atom stereocenters. The first-order chi connectivity index (χ1) is 15.4. The van der Waals surface area contributed by atoms with Crippen LogP contribution in [0.4, 0.5) is 11.6 Å². The molecule has 0 bridgehead atoms. The second kappa shape index (κ2) is 9.23. The molecule has 0 fully saturated rings. The maximum atomic E-state index is 13.4. The number of nitrogens with zero attached hydrogens (tertiary/aromatic N) is 4. The molecule has 4 rings (SSSR count). The maximum absolute atomic E-state index is 13.4. The fourth-order valence-corrected chi connectivity index (χ4v) is 5.78. The first-order valence-corrected chi connectivity index (χ1v) is 12.0. The number of rotatable bonds is 6. The predicted molar refractivity (Wildman–Crippen MR) is 124 cm³/mol. The minimum atomic E-state index is -3.83. The molecule has 0 saturated heterocycles. The van der Waals surface area contributed by atoms with Crippen LogP contribution >= 0.6 is 0 Å². The lowest BCUT2D eigenvalue weighted by Crippen LogP contribution is -2.43. The van der Waals surface area contributed by atoms with E-state index in [-0.39, 0.29) is 5.75 Å². The van der Waals surface area contributed by atoms with Crippen molar-refractivity contribution in [1.82, 2.24) is 14.3 Å². The number of aliphatic hydroxyl groups excluding tert-OH is 1. The Kier molecular flexibility index (Phi) is 6.40. The van der Waals surface area contributed by atoms with Gasteiger partial charge in [-0.3, -0.25) is 0 Å². The fourth-order valence-electron chi connectivity index (χ4n) is 3.99. The zero-order chi connectivity index (χ0) is 22.7. The predicted octanol–water partition coefficient (Wildman–Crippen LogP) is 2.75. The SMILES string of the molecule is C[C@@H]1CNc2ncnc(N(C)Cc3ccccc3)c2[C@H](O)N1S(=O)(=O)Cc1ccccc1. The summed E-state index contributed by atoms with van der Waals surface area (Å²) in [5.74, 6) is 0.715. The van der Waals surface area contributed by atoms with E-state index in [1.165, 1.54) is 10.6 Å². The molecule has 9 heteroatoms. The minimum Gasteiger partial charge on any atom is -0.373 e. The van der Waals surface area contributed by atoms with Crippen molar-refractivity contribution in [3.8, 4) is 0 Å². The van der Waals surface area contributed by atoms with Gasteiger partial charge >= 0.3 is 0 Å². The number of aromatic nitrogens is 2. The summed E-state index contributed by atoms with van der Waals surface area (Å²) in [6.07, 6.45) is 0.00638. The van der Waals surface area contributed by atoms with Crippen molar-refractivity contribution in [3.05, 3.63) is 83.7 Å². The second-order valence-corrected chi connectivity index (χ2v) is 9.85. The molecule has 0 saturated carbocycles. The van der Waals surface area contributed by atoms with Gasteiger partial charge in [-0.25, -0.2) is 18.4 Å². The van der Waals surface area contributed by atoms with Crippen LogP contribution < -0.4 is 10.2 Å². The molecule has 0 spiro atoms. The molecule has 1 aliphatic rings. The summed E-state index contributed by atoms with van der Waals surface area (Å²) in [7, 11) is -1.97. The molecule has 2 heterocycles. The quantitative estimate of drug-likeness (QED) is 0.592. The lowest BCUT2D eigenvalue weighted by atomic mass is 10.2. The lowest BCUT2D eigenvalue weighted by molar-refractivity contribution is 0.0470. The Labute approximate surface area is 188 Å². The summed E-state index contributed by atoms with van der Waals surface area (Å²) < 4.78 is 28.0. The summed E-state index contributed by atoms with van der Waals surface area (Å²) in [4.78, 5) is 10.6. The second-order valence-electron chi connectivity index (χ2n) is 7.98. The van der Waals surface area contributed by atoms with Crippen molar-refractivity contribution in [3.63, 3.8) is 0 Å². The maximum Gasteiger partial charge on any atom is 0.221 e. The topological polar surface area (TPSA) is 98.7 Å². The highest BCUT2D eigenvalue weighted by atomic mass is 32.2. The van der Waals surface area contributed by atoms with Gasteiger partial charge < -0.3 is 15.3 Å². The number of aliphatic hydroxyl groups is 1. The van der Waals surface area contributed by atoms with E-state index in [1.807, 2.05) is 48.3 Å². The smallest absolute Gasteiger partial charge is 0.221 e. The average molecular weight is 454 g/mol. The Morgan fingerprint density at radius 1 is 1.06 bits per heavy atom. The Hall–Kier alpha value is -3.01. The van der Waals surface area contributed by atoms with Crippen LogP contribution in [0, 0.1) is 0 Å². The summed E-state index contributed by atoms with van der Waals surface area (Å²) in [5.41, 5.74) is 2.09. The summed E-state index contributed by atoms with van der Waals surface area (Å²) in [6.45, 7) is 2.63. The van der Waals surface area contributed by atoms with Crippen molar-refractivity contribution in [2.24, 2.45) is 0 Å². The van der Waals surface area contributed by atoms with Crippen molar-refractivity contribution in [1.29, 1.82) is 0 Å². The molecule has 0 aliphatic carbocycles. The van der Waals surface area contributed by atoms with E-state index in [0.717, 1.165) is 5.56 Å². The standard InChI is InChI=1S/C23H27N5O3S/c1-17-13-24-21-20(22(26-16-25-21)27(2)14-18-9-5-3-6-10-18)23(29)28(17)32(30,31)15-19-11-7-4-8-12-19/h3-12,16-17,23,29H,13-15H2,1-2H3,(H,24,25,26)/t17-,23+/m1/s1. The first-order valence-electron chi connectivity index (χ1n) is 10.4. The molecular weight excluding hydrogens is 426 g/mol. The number of benzene rings is 2. The van der Waals surface area contributed by atoms with Crippen molar-refractivity contribution in [2.45, 2.75) is 31.5 Å². The molecular formula is C23H27N5O3S. The van der Waals surface area contributed by atoms with E-state index in [9.17, 15) is 13.5 Å². The molecule has 1 aliphatic heterocycles. The summed E-state index contributed by atoms with van der Waals surface area (Å²) >= 11 is 0. The Balaban J connectivity index is 1.70. The third-order valence-corrected chi connectivity index (χ3v) is 7.40. The van der Waals surface area contributed by atoms with Gasteiger partial charge in [-0.1, -0.05) is 60.7 Å². The van der Waals surface area contributed by atoms with Crippen LogP contribution in [-0.4, -0.2) is 47.4 Å². The monoisotopic (exact) mass is 453 g/mol. The molecule has 32 heavy (non-hydrogen) atoms. The molecule has 2 atom stereocenters. The molecule has 2 N–H and O–H groups in total. The number of hydrogen-bond acceptors (Lipinski definition) is 7. The van der Waals surface area contributed by atoms with E-state index < -0.39 is 22.3 Å². The number of nitrogens with one attached hydrogen (secondary N) is 1. The summed E-state index contributed by atoms with van der Waals surface area (Å²) in [5, 5.41) is 14.6. The van der Waals surface area contributed by atoms with Gasteiger partial charge in [-0.2, -0.15) is 4.31 Å². The van der Waals surface area contributed by atoms with Crippen LogP contribution in [0.3, 0.4) is 0 Å². The molecule has 1 aromatic heterocycles. The van der Waals surface area contributed by atoms with Crippen molar-refractivity contribution >= 4 is 21.7 Å². The fraction of sp³-hybridized carbons (Fsp3) is 0.304. The minimum absolute atomic E-state index is 0.201. The van der Waals surface area contributed by atoms with Crippen molar-refractivity contribution in [2.75, 3.05) is 23.8 Å². The molecule has 8 nitrogen and oxygen atoms in total. The third kappa shape index (κ3) is 4.59. The lowest BCUT2D eigenvalue weighted by Gasteiger charge is -2.31. The van der Waals surface area contributed by atoms with Gasteiger partial charge in [0.15, 0.2) is 6.23 Å². The third-order valence-electron chi connectivity index (χ3n) is 5.50. The van der Waals surface area contributed by atoms with Crippen LogP contribution in [0.15, 0.2) is 67.0 Å². The Bertz CT molecular complexity index is 1160. The van der Waals surface area contributed by atoms with Crippen LogP contribution in [0.25, 0.3) is 0 Å². The van der Waals surface area contributed by atoms with E-state index in [2.05, 4.69) is 15.3 Å². The number of hydrogen-bond donors (Lipinski definition) is 2. The molecule has 3 aromatic rings. The van der Waals surface area contributed by atoms with Gasteiger partial charge in [0.25, 0.3) is 0 Å². The van der Waals surface area contributed by atoms with Gasteiger partial charge in [-0.05, 0) is 18.1 Å². The van der Waals surface area contributed by atoms with Gasteiger partial charge in [0, 0.05) is 26.2 Å². The molecule has 0 amide bonds. The van der Waals surface area contributed by atoms with E-state index in [0.29, 0.717) is 35.9 Å². The van der Waals surface area contributed by atoms with Crippen LogP contribution in [0.1, 0.15) is 29.8 Å². The zero-order valence-electron chi connectivity index (χ0n) is 18.1. The first kappa shape index (κ1) is 22.2. The molecule has 0 radical (unpaired) electrons. The highest BCUT2D eigenvalue weighted by molar-refractivity contribution is 7.88. The molecule has 168 valence electrons. The highest BCUT2D eigenvalue weighted by Crippen LogP contribution is 2.37. The van der Waals surface area contributed by atoms with E-state index >= 15 is 0 Å². The zero-order valence-corrected chi connectivity index (χ0v) is 18.9. The summed E-state index contributed by atoms with van der Waals surface area (Å²) in [6, 6.07) is 18.4. The van der Waals surface area contributed by atoms with Gasteiger partial charge in [-0.15, -0.1) is 0 Å². The Morgan fingerprint density at radius 2 is 1.69 bits per heavy atom. The highest BCUT2D eigenvalue weighted by Gasteiger charge is 2.39. The number of sulfonamides is 1. The van der Waals surface area contributed by atoms with E-state index in [1.54, 1.807) is 31.2 Å². The van der Waals surface area contributed by atoms with Crippen molar-refractivity contribution < 1.29 is 13.5 Å². The number of anilines is 2. The van der Waals surface area contributed by atoms with Gasteiger partial charge in [0.1, 0.15) is 18.0 Å². The normalized spacial score (nSPS) is 19.0. The average Bonchev–Trinajstić information content (AvgIpc) is 2.91. The van der Waals surface area contributed by atoms with Crippen LogP contribution in [0.5, 0.6) is 0 Å². The Morgan fingerprint density at radius 3 is 2.34 bits per heavy atom. The van der Waals surface area contributed by atoms with Crippen LogP contribution in [-0.2, 0) is 22.3 Å². The molecule has 2 aromatic carbocycles. The van der Waals surface area contributed by atoms with Crippen LogP contribution in [0.2, 0.25) is 0 Å².